The van der Waals surface area contributed by atoms with E-state index in [1.807, 2.05) is 6.92 Å². The predicted octanol–water partition coefficient (Wildman–Crippen LogP) is 2.41. The number of halogens is 3. The minimum atomic E-state index is -4.51. The zero-order valence-electron chi connectivity index (χ0n) is 11.9. The number of fused-ring (bicyclic) bond motifs is 3. The van der Waals surface area contributed by atoms with Gasteiger partial charge in [-0.15, -0.1) is 0 Å². The Bertz CT molecular complexity index is 597. The Morgan fingerprint density at radius 2 is 2.05 bits per heavy atom. The van der Waals surface area contributed by atoms with Gasteiger partial charge in [-0.2, -0.15) is 13.2 Å². The fourth-order valence-electron chi connectivity index (χ4n) is 3.40. The molecule has 2 heterocycles. The van der Waals surface area contributed by atoms with Crippen LogP contribution in [-0.2, 0) is 12.6 Å². The van der Waals surface area contributed by atoms with Crippen LogP contribution >= 0.6 is 0 Å². The van der Waals surface area contributed by atoms with Crippen LogP contribution in [0.1, 0.15) is 39.9 Å². The van der Waals surface area contributed by atoms with E-state index in [0.717, 1.165) is 6.07 Å². The molecular weight excluding hydrogens is 281 g/mol. The number of nitrogens with zero attached hydrogens (tertiary/aromatic N) is 1. The normalized spacial score (nSPS) is 25.0. The van der Waals surface area contributed by atoms with Crippen LogP contribution in [0.25, 0.3) is 0 Å². The van der Waals surface area contributed by atoms with Crippen molar-refractivity contribution in [1.29, 1.82) is 0 Å². The Hall–Kier alpha value is -1.56. The first kappa shape index (κ1) is 14.4. The van der Waals surface area contributed by atoms with E-state index in [1.54, 1.807) is 13.1 Å². The lowest BCUT2D eigenvalue weighted by Gasteiger charge is -2.37. The standard InChI is InChI=1S/C15H17F3N2O/c1-3-8-4-9-10-6-19-7-12(10)20(2)14(21)13(9)11(5-8)15(16,17)18/h4-5,10,12,19H,3,6-7H2,1-2H3. The molecule has 0 aliphatic carbocycles. The lowest BCUT2D eigenvalue weighted by Crippen LogP contribution is -2.46. The maximum Gasteiger partial charge on any atom is 0.417 e. The Morgan fingerprint density at radius 3 is 2.67 bits per heavy atom. The fourth-order valence-corrected chi connectivity index (χ4v) is 3.40. The van der Waals surface area contributed by atoms with Gasteiger partial charge in [-0.1, -0.05) is 13.0 Å². The van der Waals surface area contributed by atoms with E-state index in [4.69, 9.17) is 0 Å². The van der Waals surface area contributed by atoms with Gasteiger partial charge in [0.1, 0.15) is 0 Å². The molecule has 21 heavy (non-hydrogen) atoms. The Kier molecular flexibility index (Phi) is 3.24. The summed E-state index contributed by atoms with van der Waals surface area (Å²) >= 11 is 0. The van der Waals surface area contributed by atoms with Crippen molar-refractivity contribution in [3.8, 4) is 0 Å². The molecule has 0 radical (unpaired) electrons. The lowest BCUT2D eigenvalue weighted by atomic mass is 9.81. The summed E-state index contributed by atoms with van der Waals surface area (Å²) in [6.07, 6.45) is -3.99. The smallest absolute Gasteiger partial charge is 0.337 e. The SMILES string of the molecule is CCc1cc2c(c(C(F)(F)F)c1)C(=O)N(C)C1CNCC21. The predicted molar refractivity (Wildman–Crippen MR) is 72.3 cm³/mol. The number of carbonyl (C=O) groups excluding carboxylic acids is 1. The van der Waals surface area contributed by atoms with Gasteiger partial charge in [0.25, 0.3) is 5.91 Å². The van der Waals surface area contributed by atoms with Crippen LogP contribution in [0.5, 0.6) is 0 Å². The van der Waals surface area contributed by atoms with Crippen molar-refractivity contribution in [1.82, 2.24) is 10.2 Å². The molecule has 1 fully saturated rings. The van der Waals surface area contributed by atoms with Crippen molar-refractivity contribution in [3.63, 3.8) is 0 Å². The molecule has 1 N–H and O–H groups in total. The molecule has 1 aromatic rings. The molecule has 6 heteroatoms. The number of hydrogen-bond acceptors (Lipinski definition) is 2. The molecule has 0 bridgehead atoms. The molecule has 2 aliphatic rings. The van der Waals surface area contributed by atoms with Crippen LogP contribution in [-0.4, -0.2) is 37.0 Å². The number of nitrogens with one attached hydrogen (secondary N) is 1. The summed E-state index contributed by atoms with van der Waals surface area (Å²) in [4.78, 5) is 13.9. The van der Waals surface area contributed by atoms with Gasteiger partial charge in [0.15, 0.2) is 0 Å². The van der Waals surface area contributed by atoms with Crippen LogP contribution < -0.4 is 5.32 Å². The summed E-state index contributed by atoms with van der Waals surface area (Å²) in [6.45, 7) is 3.06. The molecule has 2 atom stereocenters. The van der Waals surface area contributed by atoms with Crippen LogP contribution in [0.2, 0.25) is 0 Å². The van der Waals surface area contributed by atoms with Gasteiger partial charge in [-0.25, -0.2) is 0 Å². The first-order chi connectivity index (χ1) is 9.84. The highest BCUT2D eigenvalue weighted by Gasteiger charge is 2.46. The number of rotatable bonds is 1. The first-order valence-corrected chi connectivity index (χ1v) is 7.06. The molecule has 114 valence electrons. The van der Waals surface area contributed by atoms with Gasteiger partial charge in [0.2, 0.25) is 0 Å². The number of aryl methyl sites for hydroxylation is 1. The van der Waals surface area contributed by atoms with E-state index < -0.39 is 17.6 Å². The van der Waals surface area contributed by atoms with Gasteiger partial charge in [-0.3, -0.25) is 4.79 Å². The zero-order valence-corrected chi connectivity index (χ0v) is 11.9. The fraction of sp³-hybridized carbons (Fsp3) is 0.533. The number of hydrogen-bond donors (Lipinski definition) is 1. The third-order valence-corrected chi connectivity index (χ3v) is 4.56. The number of likely N-dealkylation sites (N-methyl/N-ethyl adjacent to an activating group) is 1. The average Bonchev–Trinajstić information content (AvgIpc) is 2.92. The molecular formula is C15H17F3N2O. The molecule has 3 rings (SSSR count). The summed E-state index contributed by atoms with van der Waals surface area (Å²) in [5.41, 5.74) is 0.232. The minimum Gasteiger partial charge on any atom is -0.337 e. The molecule has 0 aromatic heterocycles. The molecule has 2 unspecified atom stereocenters. The van der Waals surface area contributed by atoms with Crippen LogP contribution in [0.4, 0.5) is 13.2 Å². The maximum atomic E-state index is 13.3. The average molecular weight is 298 g/mol. The van der Waals surface area contributed by atoms with E-state index >= 15 is 0 Å². The van der Waals surface area contributed by atoms with Gasteiger partial charge in [-0.05, 0) is 23.6 Å². The highest BCUT2D eigenvalue weighted by Crippen LogP contribution is 2.42. The van der Waals surface area contributed by atoms with Crippen LogP contribution in [0.3, 0.4) is 0 Å². The monoisotopic (exact) mass is 298 g/mol. The van der Waals surface area contributed by atoms with Crippen molar-refractivity contribution in [3.05, 3.63) is 34.4 Å². The van der Waals surface area contributed by atoms with Gasteiger partial charge >= 0.3 is 6.18 Å². The Morgan fingerprint density at radius 1 is 1.33 bits per heavy atom. The van der Waals surface area contributed by atoms with Gasteiger partial charge in [0.05, 0.1) is 17.2 Å². The minimum absolute atomic E-state index is 0.0572. The molecule has 2 aliphatic heterocycles. The number of alkyl halides is 3. The van der Waals surface area contributed by atoms with Crippen molar-refractivity contribution in [2.45, 2.75) is 31.5 Å². The lowest BCUT2D eigenvalue weighted by molar-refractivity contribution is -0.138. The number of benzene rings is 1. The molecule has 3 nitrogen and oxygen atoms in total. The second-order valence-corrected chi connectivity index (χ2v) is 5.71. The van der Waals surface area contributed by atoms with Crippen molar-refractivity contribution in [2.75, 3.05) is 20.1 Å². The topological polar surface area (TPSA) is 32.3 Å². The van der Waals surface area contributed by atoms with Gasteiger partial charge in [0, 0.05) is 26.1 Å². The zero-order chi connectivity index (χ0) is 15.4. The van der Waals surface area contributed by atoms with E-state index in [-0.39, 0.29) is 17.5 Å². The largest absolute Gasteiger partial charge is 0.417 e. The highest BCUT2D eigenvalue weighted by molar-refractivity contribution is 5.99. The molecule has 1 aromatic carbocycles. The quantitative estimate of drug-likeness (QED) is 0.863. The second-order valence-electron chi connectivity index (χ2n) is 5.71. The Labute approximate surface area is 121 Å². The summed E-state index contributed by atoms with van der Waals surface area (Å²) in [5.74, 6) is -0.583. The summed E-state index contributed by atoms with van der Waals surface area (Å²) in [5, 5.41) is 3.18. The maximum absolute atomic E-state index is 13.3. The third kappa shape index (κ3) is 2.12. The van der Waals surface area contributed by atoms with Crippen molar-refractivity contribution in [2.24, 2.45) is 0 Å². The van der Waals surface area contributed by atoms with E-state index in [9.17, 15) is 18.0 Å². The third-order valence-electron chi connectivity index (χ3n) is 4.56. The molecule has 0 spiro atoms. The van der Waals surface area contributed by atoms with Crippen molar-refractivity contribution >= 4 is 5.91 Å². The second kappa shape index (κ2) is 4.73. The molecule has 1 saturated heterocycles. The van der Waals surface area contributed by atoms with Crippen molar-refractivity contribution < 1.29 is 18.0 Å². The summed E-state index contributed by atoms with van der Waals surface area (Å²) < 4.78 is 40.0. The van der Waals surface area contributed by atoms with E-state index in [2.05, 4.69) is 5.32 Å². The molecule has 0 saturated carbocycles. The van der Waals surface area contributed by atoms with E-state index in [1.165, 1.54) is 4.90 Å². The first-order valence-electron chi connectivity index (χ1n) is 7.06. The number of carbonyl (C=O) groups is 1. The number of amides is 1. The van der Waals surface area contributed by atoms with E-state index in [0.29, 0.717) is 30.6 Å². The van der Waals surface area contributed by atoms with Crippen LogP contribution in [0, 0.1) is 0 Å². The molecule has 1 amide bonds. The Balaban J connectivity index is 2.27. The summed E-state index contributed by atoms with van der Waals surface area (Å²) in [7, 11) is 1.59. The van der Waals surface area contributed by atoms with Gasteiger partial charge < -0.3 is 10.2 Å². The highest BCUT2D eigenvalue weighted by atomic mass is 19.4. The van der Waals surface area contributed by atoms with Crippen LogP contribution in [0.15, 0.2) is 12.1 Å². The summed E-state index contributed by atoms with van der Waals surface area (Å²) in [6, 6.07) is 2.84.